The first kappa shape index (κ1) is 7.52. The summed E-state index contributed by atoms with van der Waals surface area (Å²) in [6, 6.07) is 0. The highest BCUT2D eigenvalue weighted by Gasteiger charge is 2.23. The highest BCUT2D eigenvalue weighted by molar-refractivity contribution is 5.85. The van der Waals surface area contributed by atoms with Crippen molar-refractivity contribution >= 4 is 5.78 Å². The van der Waals surface area contributed by atoms with Crippen molar-refractivity contribution in [3.05, 3.63) is 11.6 Å². The van der Waals surface area contributed by atoms with E-state index >= 15 is 0 Å². The summed E-state index contributed by atoms with van der Waals surface area (Å²) in [6.07, 6.45) is 3.42. The topological polar surface area (TPSA) is 17.1 Å². The van der Waals surface area contributed by atoms with Gasteiger partial charge in [0.25, 0.3) is 0 Å². The van der Waals surface area contributed by atoms with Gasteiger partial charge in [-0.2, -0.15) is 0 Å². The van der Waals surface area contributed by atoms with Crippen LogP contribution in [0.4, 0.5) is 0 Å². The predicted octanol–water partition coefficient (Wildman–Crippen LogP) is 2.32. The molecule has 0 heterocycles. The summed E-state index contributed by atoms with van der Waals surface area (Å²) < 4.78 is 0. The summed E-state index contributed by atoms with van der Waals surface area (Å²) in [5.41, 5.74) is 1.50. The highest BCUT2D eigenvalue weighted by Crippen LogP contribution is 2.32. The van der Waals surface area contributed by atoms with E-state index in [1.807, 2.05) is 0 Å². The number of carbonyl (C=O) groups excluding carboxylic acids is 1. The summed E-state index contributed by atoms with van der Waals surface area (Å²) in [4.78, 5) is 10.8. The van der Waals surface area contributed by atoms with Gasteiger partial charge >= 0.3 is 0 Å². The zero-order valence-corrected chi connectivity index (χ0v) is 6.90. The fourth-order valence-corrected chi connectivity index (χ4v) is 1.17. The molecule has 0 amide bonds. The van der Waals surface area contributed by atoms with E-state index in [-0.39, 0.29) is 5.41 Å². The molecule has 0 unspecified atom stereocenters. The Hall–Kier alpha value is -0.590. The third kappa shape index (κ3) is 1.47. The lowest BCUT2D eigenvalue weighted by Crippen LogP contribution is -2.08. The van der Waals surface area contributed by atoms with Crippen molar-refractivity contribution < 1.29 is 4.79 Å². The maximum atomic E-state index is 10.8. The second-order valence-corrected chi connectivity index (χ2v) is 3.90. The summed E-state index contributed by atoms with van der Waals surface area (Å²) in [6.45, 7) is 6.45. The fraction of sp³-hybridized carbons (Fsp3) is 0.667. The first-order valence-electron chi connectivity index (χ1n) is 3.71. The Morgan fingerprint density at radius 1 is 1.40 bits per heavy atom. The van der Waals surface area contributed by atoms with E-state index in [1.165, 1.54) is 5.57 Å². The van der Waals surface area contributed by atoms with Gasteiger partial charge in [0.15, 0.2) is 0 Å². The van der Waals surface area contributed by atoms with Gasteiger partial charge in [-0.3, -0.25) is 4.79 Å². The van der Waals surface area contributed by atoms with E-state index < -0.39 is 0 Å². The number of hydrogen-bond donors (Lipinski definition) is 0. The number of ketones is 1. The van der Waals surface area contributed by atoms with Crippen LogP contribution in [0.1, 0.15) is 33.6 Å². The van der Waals surface area contributed by atoms with Crippen molar-refractivity contribution in [1.82, 2.24) is 0 Å². The Labute approximate surface area is 62.1 Å². The molecule has 0 spiro atoms. The minimum Gasteiger partial charge on any atom is -0.299 e. The van der Waals surface area contributed by atoms with E-state index in [1.54, 1.807) is 0 Å². The van der Waals surface area contributed by atoms with Crippen LogP contribution in [0.25, 0.3) is 0 Å². The quantitative estimate of drug-likeness (QED) is 0.469. The van der Waals surface area contributed by atoms with Crippen LogP contribution in [0.2, 0.25) is 0 Å². The molecule has 0 bridgehead atoms. The van der Waals surface area contributed by atoms with E-state index in [0.29, 0.717) is 18.6 Å². The van der Waals surface area contributed by atoms with Gasteiger partial charge in [-0.15, -0.1) is 0 Å². The molecule has 0 aromatic carbocycles. The van der Waals surface area contributed by atoms with Crippen molar-refractivity contribution in [3.63, 3.8) is 0 Å². The number of allylic oxidation sites excluding steroid dienone is 2. The Kier molecular flexibility index (Phi) is 1.67. The first-order valence-corrected chi connectivity index (χ1v) is 3.71. The molecular formula is C9H14O. The summed E-state index contributed by atoms with van der Waals surface area (Å²) in [5.74, 6) is 0.366. The molecule has 1 nitrogen and oxygen atoms in total. The molecule has 0 aliphatic heterocycles. The first-order chi connectivity index (χ1) is 4.50. The van der Waals surface area contributed by atoms with E-state index in [2.05, 4.69) is 26.8 Å². The molecule has 10 heavy (non-hydrogen) atoms. The Balaban J connectivity index is 2.69. The lowest BCUT2D eigenvalue weighted by Gasteiger charge is -2.19. The maximum Gasteiger partial charge on any atom is 0.140 e. The molecule has 0 aromatic rings. The van der Waals surface area contributed by atoms with Gasteiger partial charge in [-0.05, 0) is 5.41 Å². The van der Waals surface area contributed by atoms with Gasteiger partial charge in [0.05, 0.1) is 0 Å². The lowest BCUT2D eigenvalue weighted by molar-refractivity contribution is -0.117. The summed E-state index contributed by atoms with van der Waals surface area (Å²) >= 11 is 0. The van der Waals surface area contributed by atoms with Gasteiger partial charge in [-0.25, -0.2) is 0 Å². The van der Waals surface area contributed by atoms with E-state index in [4.69, 9.17) is 0 Å². The average molecular weight is 138 g/mol. The molecule has 0 radical (unpaired) electrons. The molecule has 0 saturated carbocycles. The van der Waals surface area contributed by atoms with E-state index in [0.717, 1.165) is 0 Å². The largest absolute Gasteiger partial charge is 0.299 e. The zero-order chi connectivity index (χ0) is 7.78. The average Bonchev–Trinajstić information content (AvgIpc) is 2.11. The van der Waals surface area contributed by atoms with Gasteiger partial charge in [0.2, 0.25) is 0 Å². The second kappa shape index (κ2) is 2.22. The van der Waals surface area contributed by atoms with Crippen LogP contribution in [0, 0.1) is 5.41 Å². The molecule has 56 valence electrons. The van der Waals surface area contributed by atoms with Gasteiger partial charge in [0.1, 0.15) is 5.78 Å². The van der Waals surface area contributed by atoms with E-state index in [9.17, 15) is 4.79 Å². The van der Waals surface area contributed by atoms with Crippen molar-refractivity contribution in [2.24, 2.45) is 5.41 Å². The SMILES string of the molecule is CC(C)(C)C1=CCC(=O)C1. The van der Waals surface area contributed by atoms with Crippen LogP contribution in [0.5, 0.6) is 0 Å². The molecule has 0 fully saturated rings. The number of hydrogen-bond acceptors (Lipinski definition) is 1. The third-order valence-electron chi connectivity index (χ3n) is 1.93. The maximum absolute atomic E-state index is 10.8. The minimum atomic E-state index is 0.201. The fourth-order valence-electron chi connectivity index (χ4n) is 1.17. The smallest absolute Gasteiger partial charge is 0.140 e. The molecule has 1 aliphatic carbocycles. The van der Waals surface area contributed by atoms with Crippen LogP contribution >= 0.6 is 0 Å². The monoisotopic (exact) mass is 138 g/mol. The van der Waals surface area contributed by atoms with Gasteiger partial charge in [0, 0.05) is 12.8 Å². The third-order valence-corrected chi connectivity index (χ3v) is 1.93. The van der Waals surface area contributed by atoms with Crippen LogP contribution < -0.4 is 0 Å². The predicted molar refractivity (Wildman–Crippen MR) is 41.8 cm³/mol. The van der Waals surface area contributed by atoms with Crippen LogP contribution in [0.3, 0.4) is 0 Å². The zero-order valence-electron chi connectivity index (χ0n) is 6.90. The summed E-state index contributed by atoms with van der Waals surface area (Å²) in [5, 5.41) is 0. The molecule has 0 aromatic heterocycles. The molecule has 1 heteroatoms. The molecule has 1 aliphatic rings. The highest BCUT2D eigenvalue weighted by atomic mass is 16.1. The lowest BCUT2D eigenvalue weighted by atomic mass is 9.86. The Bertz CT molecular complexity index is 181. The molecule has 1 rings (SSSR count). The van der Waals surface area contributed by atoms with Crippen molar-refractivity contribution in [2.75, 3.05) is 0 Å². The summed E-state index contributed by atoms with van der Waals surface area (Å²) in [7, 11) is 0. The van der Waals surface area contributed by atoms with Crippen LogP contribution in [-0.2, 0) is 4.79 Å². The van der Waals surface area contributed by atoms with Crippen LogP contribution in [0.15, 0.2) is 11.6 Å². The standard InChI is InChI=1S/C9H14O/c1-9(2,3)7-4-5-8(10)6-7/h4H,5-6H2,1-3H3. The molecule has 0 atom stereocenters. The normalized spacial score (nSPS) is 19.5. The van der Waals surface area contributed by atoms with Gasteiger partial charge in [-0.1, -0.05) is 32.4 Å². The number of Topliss-reactive ketones (excluding diaryl/α,β-unsaturated/α-hetero) is 1. The molecule has 0 saturated heterocycles. The number of rotatable bonds is 0. The minimum absolute atomic E-state index is 0.201. The van der Waals surface area contributed by atoms with Crippen molar-refractivity contribution in [1.29, 1.82) is 0 Å². The van der Waals surface area contributed by atoms with Gasteiger partial charge < -0.3 is 0 Å². The Morgan fingerprint density at radius 3 is 2.20 bits per heavy atom. The second-order valence-electron chi connectivity index (χ2n) is 3.90. The Morgan fingerprint density at radius 2 is 2.00 bits per heavy atom. The number of carbonyl (C=O) groups is 1. The van der Waals surface area contributed by atoms with Crippen LogP contribution in [-0.4, -0.2) is 5.78 Å². The molecular weight excluding hydrogens is 124 g/mol. The van der Waals surface area contributed by atoms with Crippen molar-refractivity contribution in [2.45, 2.75) is 33.6 Å². The molecule has 0 N–H and O–H groups in total. The van der Waals surface area contributed by atoms with Crippen molar-refractivity contribution in [3.8, 4) is 0 Å².